The van der Waals surface area contributed by atoms with E-state index in [1.807, 2.05) is 18.2 Å². The SMILES string of the molecule is COc1ccc(CCC(=O)N2CCCC(C(=O)O)C2)cc1Br. The monoisotopic (exact) mass is 369 g/mol. The molecule has 1 aromatic rings. The molecule has 1 aromatic carbocycles. The number of rotatable bonds is 5. The van der Waals surface area contributed by atoms with E-state index >= 15 is 0 Å². The Morgan fingerprint density at radius 3 is 2.86 bits per heavy atom. The Hall–Kier alpha value is -1.56. The van der Waals surface area contributed by atoms with Gasteiger partial charge in [0.1, 0.15) is 5.75 Å². The van der Waals surface area contributed by atoms with Gasteiger partial charge in [0.25, 0.3) is 0 Å². The van der Waals surface area contributed by atoms with Crippen molar-refractivity contribution in [1.82, 2.24) is 4.90 Å². The van der Waals surface area contributed by atoms with Crippen LogP contribution < -0.4 is 4.74 Å². The van der Waals surface area contributed by atoms with Gasteiger partial charge in [-0.25, -0.2) is 0 Å². The van der Waals surface area contributed by atoms with E-state index in [1.165, 1.54) is 0 Å². The summed E-state index contributed by atoms with van der Waals surface area (Å²) < 4.78 is 6.04. The lowest BCUT2D eigenvalue weighted by Crippen LogP contribution is -2.42. The maximum atomic E-state index is 12.2. The van der Waals surface area contributed by atoms with Gasteiger partial charge in [-0.15, -0.1) is 0 Å². The summed E-state index contributed by atoms with van der Waals surface area (Å²) in [7, 11) is 1.61. The largest absolute Gasteiger partial charge is 0.496 e. The lowest BCUT2D eigenvalue weighted by molar-refractivity contribution is -0.145. The summed E-state index contributed by atoms with van der Waals surface area (Å²) >= 11 is 3.43. The minimum atomic E-state index is -0.809. The highest BCUT2D eigenvalue weighted by molar-refractivity contribution is 9.10. The van der Waals surface area contributed by atoms with E-state index in [2.05, 4.69) is 15.9 Å². The number of aryl methyl sites for hydroxylation is 1. The molecule has 1 N–H and O–H groups in total. The highest BCUT2D eigenvalue weighted by Crippen LogP contribution is 2.26. The number of amides is 1. The van der Waals surface area contributed by atoms with Crippen molar-refractivity contribution in [1.29, 1.82) is 0 Å². The van der Waals surface area contributed by atoms with Gasteiger partial charge in [-0.2, -0.15) is 0 Å². The van der Waals surface area contributed by atoms with Gasteiger partial charge >= 0.3 is 5.97 Å². The molecule has 5 nitrogen and oxygen atoms in total. The number of benzene rings is 1. The zero-order valence-electron chi connectivity index (χ0n) is 12.5. The van der Waals surface area contributed by atoms with Gasteiger partial charge in [0.05, 0.1) is 17.5 Å². The Morgan fingerprint density at radius 2 is 2.23 bits per heavy atom. The third kappa shape index (κ3) is 4.22. The van der Waals surface area contributed by atoms with Gasteiger partial charge in [-0.1, -0.05) is 6.07 Å². The van der Waals surface area contributed by atoms with Gasteiger partial charge < -0.3 is 14.7 Å². The summed E-state index contributed by atoms with van der Waals surface area (Å²) in [6.07, 6.45) is 2.45. The molecule has 0 radical (unpaired) electrons. The number of carbonyl (C=O) groups excluding carboxylic acids is 1. The number of nitrogens with zero attached hydrogens (tertiary/aromatic N) is 1. The second kappa shape index (κ2) is 7.63. The molecular formula is C16H20BrNO4. The molecule has 0 aromatic heterocycles. The second-order valence-electron chi connectivity index (χ2n) is 5.49. The Morgan fingerprint density at radius 1 is 1.45 bits per heavy atom. The number of ether oxygens (including phenoxy) is 1. The molecule has 1 aliphatic rings. The fourth-order valence-corrected chi connectivity index (χ4v) is 3.27. The van der Waals surface area contributed by atoms with E-state index in [9.17, 15) is 9.59 Å². The minimum Gasteiger partial charge on any atom is -0.496 e. The second-order valence-corrected chi connectivity index (χ2v) is 6.34. The van der Waals surface area contributed by atoms with Crippen LogP contribution in [-0.4, -0.2) is 42.1 Å². The molecule has 1 aliphatic heterocycles. The summed E-state index contributed by atoms with van der Waals surface area (Å²) in [5, 5.41) is 9.07. The number of methoxy groups -OCH3 is 1. The predicted molar refractivity (Wildman–Crippen MR) is 86.0 cm³/mol. The molecule has 1 unspecified atom stereocenters. The first kappa shape index (κ1) is 16.8. The summed E-state index contributed by atoms with van der Waals surface area (Å²) in [5.74, 6) is -0.447. The smallest absolute Gasteiger partial charge is 0.308 e. The molecule has 2 rings (SSSR count). The van der Waals surface area contributed by atoms with Crippen molar-refractivity contribution in [2.24, 2.45) is 5.92 Å². The maximum absolute atomic E-state index is 12.2. The molecule has 1 fully saturated rings. The Balaban J connectivity index is 1.89. The van der Waals surface area contributed by atoms with Gasteiger partial charge in [-0.3, -0.25) is 9.59 Å². The first-order chi connectivity index (χ1) is 10.5. The fourth-order valence-electron chi connectivity index (χ4n) is 2.68. The molecule has 1 atom stereocenters. The van der Waals surface area contributed by atoms with Crippen LogP contribution in [0.25, 0.3) is 0 Å². The van der Waals surface area contributed by atoms with Crippen LogP contribution in [-0.2, 0) is 16.0 Å². The summed E-state index contributed by atoms with van der Waals surface area (Å²) in [6.45, 7) is 0.995. The van der Waals surface area contributed by atoms with E-state index in [-0.39, 0.29) is 5.91 Å². The van der Waals surface area contributed by atoms with Crippen molar-refractivity contribution in [3.05, 3.63) is 28.2 Å². The highest BCUT2D eigenvalue weighted by Gasteiger charge is 2.27. The number of aliphatic carboxylic acids is 1. The van der Waals surface area contributed by atoms with Crippen molar-refractivity contribution in [3.63, 3.8) is 0 Å². The topological polar surface area (TPSA) is 66.8 Å². The van der Waals surface area contributed by atoms with E-state index in [4.69, 9.17) is 9.84 Å². The molecular weight excluding hydrogens is 350 g/mol. The summed E-state index contributed by atoms with van der Waals surface area (Å²) in [5.41, 5.74) is 1.05. The lowest BCUT2D eigenvalue weighted by atomic mass is 9.97. The number of halogens is 1. The maximum Gasteiger partial charge on any atom is 0.308 e. The number of carboxylic acid groups (broad SMARTS) is 1. The molecule has 1 amide bonds. The average Bonchev–Trinajstić information content (AvgIpc) is 2.52. The Labute approximate surface area is 138 Å². The molecule has 6 heteroatoms. The van der Waals surface area contributed by atoms with Crippen molar-refractivity contribution < 1.29 is 19.4 Å². The zero-order valence-corrected chi connectivity index (χ0v) is 14.1. The molecule has 0 aliphatic carbocycles. The van der Waals surface area contributed by atoms with Crippen LogP contribution in [0, 0.1) is 5.92 Å². The van der Waals surface area contributed by atoms with E-state index < -0.39 is 11.9 Å². The number of piperidine rings is 1. The Bertz CT molecular complexity index is 561. The number of hydrogen-bond acceptors (Lipinski definition) is 3. The first-order valence-electron chi connectivity index (χ1n) is 7.34. The number of hydrogen-bond donors (Lipinski definition) is 1. The fraction of sp³-hybridized carbons (Fsp3) is 0.500. The first-order valence-corrected chi connectivity index (χ1v) is 8.13. The lowest BCUT2D eigenvalue weighted by Gasteiger charge is -2.30. The molecule has 22 heavy (non-hydrogen) atoms. The molecule has 0 spiro atoms. The van der Waals surface area contributed by atoms with E-state index in [0.29, 0.717) is 32.4 Å². The molecule has 1 saturated heterocycles. The molecule has 1 heterocycles. The summed E-state index contributed by atoms with van der Waals surface area (Å²) in [4.78, 5) is 25.0. The van der Waals surface area contributed by atoms with E-state index in [0.717, 1.165) is 22.2 Å². The van der Waals surface area contributed by atoms with Crippen molar-refractivity contribution >= 4 is 27.8 Å². The standard InChI is InChI=1S/C16H20BrNO4/c1-22-14-6-4-11(9-13(14)17)5-7-15(19)18-8-2-3-12(10-18)16(20)21/h4,6,9,12H,2-3,5,7-8,10H2,1H3,(H,20,21). The van der Waals surface area contributed by atoms with Gasteiger partial charge in [0.15, 0.2) is 0 Å². The molecule has 0 saturated carbocycles. The number of likely N-dealkylation sites (tertiary alicyclic amines) is 1. The van der Waals surface area contributed by atoms with Gasteiger partial charge in [0, 0.05) is 19.5 Å². The zero-order chi connectivity index (χ0) is 16.1. The summed E-state index contributed by atoms with van der Waals surface area (Å²) in [6, 6.07) is 5.75. The van der Waals surface area contributed by atoms with Crippen LogP contribution >= 0.6 is 15.9 Å². The van der Waals surface area contributed by atoms with Crippen LogP contribution in [0.3, 0.4) is 0 Å². The third-order valence-electron chi connectivity index (χ3n) is 3.97. The predicted octanol–water partition coefficient (Wildman–Crippen LogP) is 2.71. The van der Waals surface area contributed by atoms with Gasteiger partial charge in [0.2, 0.25) is 5.91 Å². The van der Waals surface area contributed by atoms with Gasteiger partial charge in [-0.05, 0) is 52.9 Å². The molecule has 120 valence electrons. The van der Waals surface area contributed by atoms with Crippen LogP contribution in [0.2, 0.25) is 0 Å². The third-order valence-corrected chi connectivity index (χ3v) is 4.59. The van der Waals surface area contributed by atoms with Crippen LogP contribution in [0.5, 0.6) is 5.75 Å². The highest BCUT2D eigenvalue weighted by atomic mass is 79.9. The normalized spacial score (nSPS) is 18.1. The van der Waals surface area contributed by atoms with Crippen molar-refractivity contribution in [2.45, 2.75) is 25.7 Å². The van der Waals surface area contributed by atoms with Crippen molar-refractivity contribution in [3.8, 4) is 5.75 Å². The average molecular weight is 370 g/mol. The minimum absolute atomic E-state index is 0.0258. The quantitative estimate of drug-likeness (QED) is 0.866. The number of carbonyl (C=O) groups is 2. The van der Waals surface area contributed by atoms with Crippen LogP contribution in [0.15, 0.2) is 22.7 Å². The van der Waals surface area contributed by atoms with Crippen molar-refractivity contribution in [2.75, 3.05) is 20.2 Å². The number of carboxylic acids is 1. The molecule has 0 bridgehead atoms. The van der Waals surface area contributed by atoms with Crippen LogP contribution in [0.4, 0.5) is 0 Å². The van der Waals surface area contributed by atoms with Crippen LogP contribution in [0.1, 0.15) is 24.8 Å². The Kier molecular flexibility index (Phi) is 5.83. The van der Waals surface area contributed by atoms with E-state index in [1.54, 1.807) is 12.0 Å².